The predicted molar refractivity (Wildman–Crippen MR) is 139 cm³/mol. The maximum Gasteiger partial charge on any atom is 0.162 e. The van der Waals surface area contributed by atoms with Gasteiger partial charge in [-0.3, -0.25) is 9.67 Å². The van der Waals surface area contributed by atoms with Gasteiger partial charge in [0.15, 0.2) is 5.82 Å². The molecule has 0 saturated carbocycles. The molecule has 9 heteroatoms. The molecule has 4 aromatic rings. The number of pyridine rings is 1. The summed E-state index contributed by atoms with van der Waals surface area (Å²) >= 11 is 0. The Labute approximate surface area is 210 Å². The van der Waals surface area contributed by atoms with E-state index in [-0.39, 0.29) is 6.61 Å². The van der Waals surface area contributed by atoms with Crippen molar-refractivity contribution in [3.63, 3.8) is 0 Å². The van der Waals surface area contributed by atoms with Crippen LogP contribution in [0.3, 0.4) is 0 Å². The maximum atomic E-state index is 10.0. The summed E-state index contributed by atoms with van der Waals surface area (Å²) in [5, 5.41) is 17.4. The molecule has 1 aliphatic heterocycles. The molecule has 0 amide bonds. The Morgan fingerprint density at radius 2 is 2.00 bits per heavy atom. The van der Waals surface area contributed by atoms with Gasteiger partial charge in [0.1, 0.15) is 24.3 Å². The van der Waals surface area contributed by atoms with Crippen molar-refractivity contribution in [1.82, 2.24) is 30.0 Å². The summed E-state index contributed by atoms with van der Waals surface area (Å²) in [7, 11) is 3.73. The summed E-state index contributed by atoms with van der Waals surface area (Å²) in [6.45, 7) is 6.22. The van der Waals surface area contributed by atoms with Gasteiger partial charge in [-0.1, -0.05) is 18.2 Å². The van der Waals surface area contributed by atoms with Crippen molar-refractivity contribution in [3.05, 3.63) is 71.2 Å². The molecule has 1 atom stereocenters. The van der Waals surface area contributed by atoms with E-state index in [4.69, 9.17) is 14.7 Å². The highest BCUT2D eigenvalue weighted by Crippen LogP contribution is 2.35. The summed E-state index contributed by atoms with van der Waals surface area (Å²) < 4.78 is 7.70. The number of aliphatic hydroxyl groups is 1. The van der Waals surface area contributed by atoms with Crippen LogP contribution in [0, 0.1) is 13.8 Å². The lowest BCUT2D eigenvalue weighted by Crippen LogP contribution is -2.29. The number of anilines is 1. The number of aryl methyl sites for hydroxylation is 2. The number of hydrogen-bond donors (Lipinski definition) is 2. The van der Waals surface area contributed by atoms with Crippen molar-refractivity contribution in [3.8, 4) is 28.5 Å². The standard InChI is InChI=1S/C27H31N7O2/c1-17-12-30-33(4)25(17)24-18(2)27(34-14-20-8-6-10-29-23(20)15-34)32-26(31-24)19-7-5-9-22(11-19)36-16-21(35)13-28-3/h5-12,21,28,35H,13-16H2,1-4H3/t21-/m1/s1. The average molecular weight is 486 g/mol. The number of aromatic nitrogens is 5. The average Bonchev–Trinajstić information content (AvgIpc) is 3.46. The third-order valence-corrected chi connectivity index (χ3v) is 6.43. The second kappa shape index (κ2) is 10.0. The first kappa shape index (κ1) is 23.9. The van der Waals surface area contributed by atoms with Gasteiger partial charge < -0.3 is 20.1 Å². The number of aliphatic hydroxyl groups excluding tert-OH is 1. The molecule has 1 aromatic carbocycles. The molecule has 0 fully saturated rings. The van der Waals surface area contributed by atoms with Gasteiger partial charge in [0.2, 0.25) is 0 Å². The highest BCUT2D eigenvalue weighted by atomic mass is 16.5. The van der Waals surface area contributed by atoms with Crippen molar-refractivity contribution in [2.75, 3.05) is 25.1 Å². The van der Waals surface area contributed by atoms with Crippen LogP contribution in [0.15, 0.2) is 48.8 Å². The Hall–Kier alpha value is -3.82. The molecule has 9 nitrogen and oxygen atoms in total. The van der Waals surface area contributed by atoms with Crippen LogP contribution in [-0.2, 0) is 20.1 Å². The van der Waals surface area contributed by atoms with E-state index in [0.717, 1.165) is 46.1 Å². The van der Waals surface area contributed by atoms with Crippen molar-refractivity contribution < 1.29 is 9.84 Å². The molecule has 4 heterocycles. The molecule has 0 aliphatic carbocycles. The van der Waals surface area contributed by atoms with E-state index in [1.807, 2.05) is 61.4 Å². The minimum atomic E-state index is -0.592. The summed E-state index contributed by atoms with van der Waals surface area (Å²) in [5.41, 5.74) is 7.01. The quantitative estimate of drug-likeness (QED) is 0.393. The number of hydrogen-bond acceptors (Lipinski definition) is 8. The van der Waals surface area contributed by atoms with Crippen LogP contribution in [0.5, 0.6) is 5.75 Å². The molecule has 3 aromatic heterocycles. The highest BCUT2D eigenvalue weighted by Gasteiger charge is 2.26. The summed E-state index contributed by atoms with van der Waals surface area (Å²) in [6, 6.07) is 11.8. The van der Waals surface area contributed by atoms with Crippen LogP contribution in [0.4, 0.5) is 5.82 Å². The van der Waals surface area contributed by atoms with E-state index in [1.165, 1.54) is 5.56 Å². The van der Waals surface area contributed by atoms with Gasteiger partial charge in [0, 0.05) is 37.5 Å². The second-order valence-electron chi connectivity index (χ2n) is 9.16. The van der Waals surface area contributed by atoms with Gasteiger partial charge in [0.05, 0.1) is 29.8 Å². The van der Waals surface area contributed by atoms with Gasteiger partial charge in [-0.2, -0.15) is 5.10 Å². The Morgan fingerprint density at radius 3 is 2.75 bits per heavy atom. The molecule has 0 spiro atoms. The zero-order chi connectivity index (χ0) is 25.2. The highest BCUT2D eigenvalue weighted by molar-refractivity contribution is 5.73. The van der Waals surface area contributed by atoms with E-state index in [9.17, 15) is 5.11 Å². The van der Waals surface area contributed by atoms with Gasteiger partial charge in [-0.15, -0.1) is 0 Å². The van der Waals surface area contributed by atoms with E-state index in [0.29, 0.717) is 24.7 Å². The number of likely N-dealkylation sites (N-methyl/N-ethyl adjacent to an activating group) is 1. The monoisotopic (exact) mass is 485 g/mol. The lowest BCUT2D eigenvalue weighted by atomic mass is 10.1. The zero-order valence-electron chi connectivity index (χ0n) is 21.1. The number of ether oxygens (including phenoxy) is 1. The minimum Gasteiger partial charge on any atom is -0.491 e. The van der Waals surface area contributed by atoms with Crippen molar-refractivity contribution in [2.24, 2.45) is 7.05 Å². The van der Waals surface area contributed by atoms with Gasteiger partial charge >= 0.3 is 0 Å². The van der Waals surface area contributed by atoms with E-state index in [1.54, 1.807) is 7.05 Å². The van der Waals surface area contributed by atoms with Crippen molar-refractivity contribution >= 4 is 5.82 Å². The number of nitrogens with one attached hydrogen (secondary N) is 1. The maximum absolute atomic E-state index is 10.0. The van der Waals surface area contributed by atoms with Crippen molar-refractivity contribution in [2.45, 2.75) is 33.0 Å². The molecule has 2 N–H and O–H groups in total. The van der Waals surface area contributed by atoms with E-state index < -0.39 is 6.10 Å². The number of nitrogens with zero attached hydrogens (tertiary/aromatic N) is 6. The van der Waals surface area contributed by atoms with Crippen molar-refractivity contribution in [1.29, 1.82) is 0 Å². The molecule has 0 saturated heterocycles. The predicted octanol–water partition coefficient (Wildman–Crippen LogP) is 3.04. The van der Waals surface area contributed by atoms with Crippen LogP contribution in [0.1, 0.15) is 22.4 Å². The Morgan fingerprint density at radius 1 is 1.14 bits per heavy atom. The normalized spacial score (nSPS) is 13.6. The number of rotatable bonds is 8. The van der Waals surface area contributed by atoms with Gasteiger partial charge in [0.25, 0.3) is 0 Å². The van der Waals surface area contributed by atoms with Gasteiger partial charge in [-0.25, -0.2) is 9.97 Å². The zero-order valence-corrected chi connectivity index (χ0v) is 21.1. The fourth-order valence-electron chi connectivity index (χ4n) is 4.62. The molecule has 186 valence electrons. The number of fused-ring (bicyclic) bond motifs is 1. The molecule has 1 aliphatic rings. The Kier molecular flexibility index (Phi) is 6.67. The first-order valence-corrected chi connectivity index (χ1v) is 12.1. The Bertz CT molecular complexity index is 1340. The van der Waals surface area contributed by atoms with Crippen LogP contribution in [-0.4, -0.2) is 56.1 Å². The molecule has 0 unspecified atom stereocenters. The van der Waals surface area contributed by atoms with E-state index in [2.05, 4.69) is 33.3 Å². The fourth-order valence-corrected chi connectivity index (χ4v) is 4.62. The first-order valence-electron chi connectivity index (χ1n) is 12.1. The molecular formula is C27H31N7O2. The van der Waals surface area contributed by atoms with Gasteiger partial charge in [-0.05, 0) is 50.2 Å². The number of benzene rings is 1. The lowest BCUT2D eigenvalue weighted by Gasteiger charge is -2.22. The molecule has 36 heavy (non-hydrogen) atoms. The Balaban J connectivity index is 1.56. The smallest absolute Gasteiger partial charge is 0.162 e. The van der Waals surface area contributed by atoms with Crippen LogP contribution >= 0.6 is 0 Å². The first-order chi connectivity index (χ1) is 17.4. The third kappa shape index (κ3) is 4.67. The topological polar surface area (TPSA) is 101 Å². The lowest BCUT2D eigenvalue weighted by molar-refractivity contribution is 0.108. The molecule has 0 radical (unpaired) electrons. The van der Waals surface area contributed by atoms with E-state index >= 15 is 0 Å². The summed E-state index contributed by atoms with van der Waals surface area (Å²) in [4.78, 5) is 16.9. The molecular weight excluding hydrogens is 454 g/mol. The SMILES string of the molecule is CNC[C@@H](O)COc1cccc(-c2nc(-c3c(C)cnn3C)c(C)c(N3Cc4cccnc4C3)n2)c1. The second-order valence-corrected chi connectivity index (χ2v) is 9.16. The van der Waals surface area contributed by atoms with Crippen LogP contribution < -0.4 is 15.0 Å². The summed E-state index contributed by atoms with van der Waals surface area (Å²) in [5.74, 6) is 2.14. The van der Waals surface area contributed by atoms with Crippen LogP contribution in [0.2, 0.25) is 0 Å². The molecule has 0 bridgehead atoms. The summed E-state index contributed by atoms with van der Waals surface area (Å²) in [6.07, 6.45) is 3.10. The third-order valence-electron chi connectivity index (χ3n) is 6.43. The van der Waals surface area contributed by atoms with Crippen LogP contribution in [0.25, 0.3) is 22.8 Å². The fraction of sp³-hybridized carbons (Fsp3) is 0.333. The largest absolute Gasteiger partial charge is 0.491 e. The minimum absolute atomic E-state index is 0.197. The molecule has 5 rings (SSSR count).